The van der Waals surface area contributed by atoms with Gasteiger partial charge in [-0.3, -0.25) is 0 Å². The molecule has 1 fully saturated rings. The Labute approximate surface area is 100 Å². The molecule has 0 radical (unpaired) electrons. The number of nitrogens with one attached hydrogen (secondary N) is 1. The Hall–Kier alpha value is -0.550. The fourth-order valence-electron chi connectivity index (χ4n) is 2.59. The molecule has 16 heavy (non-hydrogen) atoms. The van der Waals surface area contributed by atoms with Gasteiger partial charge in [0.2, 0.25) is 0 Å². The number of nitriles is 1. The zero-order valence-corrected chi connectivity index (χ0v) is 11.1. The van der Waals surface area contributed by atoms with Crippen molar-refractivity contribution in [2.45, 2.75) is 77.8 Å². The van der Waals surface area contributed by atoms with Gasteiger partial charge in [-0.15, -0.1) is 0 Å². The molecule has 0 aliphatic heterocycles. The van der Waals surface area contributed by atoms with Crippen LogP contribution in [-0.4, -0.2) is 12.1 Å². The Kier molecular flexibility index (Phi) is 5.28. The van der Waals surface area contributed by atoms with Crippen molar-refractivity contribution >= 4 is 0 Å². The SMILES string of the molecule is CCC(CC#N)NC1CCCC(C)(C)CC1. The standard InChI is InChI=1S/C14H26N2/c1-4-12(8-11-15)16-13-6-5-9-14(2,3)10-7-13/h12-13,16H,4-10H2,1-3H3. The van der Waals surface area contributed by atoms with E-state index in [4.69, 9.17) is 5.26 Å². The van der Waals surface area contributed by atoms with Crippen molar-refractivity contribution in [3.05, 3.63) is 0 Å². The van der Waals surface area contributed by atoms with E-state index in [1.165, 1.54) is 32.1 Å². The molecule has 2 unspecified atom stereocenters. The van der Waals surface area contributed by atoms with Gasteiger partial charge in [-0.25, -0.2) is 0 Å². The topological polar surface area (TPSA) is 35.8 Å². The van der Waals surface area contributed by atoms with Gasteiger partial charge in [0.25, 0.3) is 0 Å². The molecule has 0 aromatic heterocycles. The van der Waals surface area contributed by atoms with Crippen LogP contribution in [0, 0.1) is 16.7 Å². The van der Waals surface area contributed by atoms with Crippen LogP contribution in [0.1, 0.15) is 65.7 Å². The van der Waals surface area contributed by atoms with Crippen LogP contribution >= 0.6 is 0 Å². The Morgan fingerprint density at radius 1 is 1.38 bits per heavy atom. The minimum absolute atomic E-state index is 0.399. The van der Waals surface area contributed by atoms with Crippen LogP contribution in [0.25, 0.3) is 0 Å². The molecule has 1 saturated carbocycles. The molecule has 0 aromatic carbocycles. The van der Waals surface area contributed by atoms with E-state index in [1.807, 2.05) is 0 Å². The van der Waals surface area contributed by atoms with Gasteiger partial charge in [0, 0.05) is 12.1 Å². The highest BCUT2D eigenvalue weighted by Crippen LogP contribution is 2.33. The van der Waals surface area contributed by atoms with Gasteiger partial charge >= 0.3 is 0 Å². The second-order valence-electron chi connectivity index (χ2n) is 5.93. The van der Waals surface area contributed by atoms with Crippen molar-refractivity contribution < 1.29 is 0 Å². The quantitative estimate of drug-likeness (QED) is 0.737. The first kappa shape index (κ1) is 13.5. The minimum Gasteiger partial charge on any atom is -0.310 e. The average Bonchev–Trinajstić information content (AvgIpc) is 2.40. The van der Waals surface area contributed by atoms with E-state index >= 15 is 0 Å². The second-order valence-corrected chi connectivity index (χ2v) is 5.93. The van der Waals surface area contributed by atoms with Crippen LogP contribution < -0.4 is 5.32 Å². The lowest BCUT2D eigenvalue weighted by Gasteiger charge is -2.24. The molecule has 0 spiro atoms. The molecular weight excluding hydrogens is 196 g/mol. The summed E-state index contributed by atoms with van der Waals surface area (Å²) in [4.78, 5) is 0. The van der Waals surface area contributed by atoms with E-state index in [0.717, 1.165) is 6.42 Å². The van der Waals surface area contributed by atoms with E-state index in [-0.39, 0.29) is 0 Å². The van der Waals surface area contributed by atoms with Crippen LogP contribution in [0.15, 0.2) is 0 Å². The highest BCUT2D eigenvalue weighted by atomic mass is 14.9. The van der Waals surface area contributed by atoms with Gasteiger partial charge in [-0.05, 0) is 37.5 Å². The zero-order valence-electron chi connectivity index (χ0n) is 11.1. The summed E-state index contributed by atoms with van der Waals surface area (Å²) in [6, 6.07) is 3.32. The van der Waals surface area contributed by atoms with Crippen molar-refractivity contribution in [3.8, 4) is 6.07 Å². The molecule has 2 heteroatoms. The molecule has 92 valence electrons. The van der Waals surface area contributed by atoms with E-state index in [2.05, 4.69) is 32.2 Å². The average molecular weight is 222 g/mol. The van der Waals surface area contributed by atoms with Gasteiger partial charge in [0.05, 0.1) is 12.5 Å². The maximum Gasteiger partial charge on any atom is 0.0638 e. The van der Waals surface area contributed by atoms with Gasteiger partial charge in [-0.2, -0.15) is 5.26 Å². The van der Waals surface area contributed by atoms with Gasteiger partial charge in [0.15, 0.2) is 0 Å². The summed E-state index contributed by atoms with van der Waals surface area (Å²) >= 11 is 0. The lowest BCUT2D eigenvalue weighted by atomic mass is 9.85. The second kappa shape index (κ2) is 6.25. The Morgan fingerprint density at radius 2 is 2.12 bits per heavy atom. The molecule has 2 nitrogen and oxygen atoms in total. The zero-order chi connectivity index (χ0) is 12.0. The Bertz CT molecular complexity index is 240. The first-order valence-corrected chi connectivity index (χ1v) is 6.70. The largest absolute Gasteiger partial charge is 0.310 e. The summed E-state index contributed by atoms with van der Waals surface area (Å²) < 4.78 is 0. The van der Waals surface area contributed by atoms with E-state index in [1.54, 1.807) is 0 Å². The van der Waals surface area contributed by atoms with E-state index in [9.17, 15) is 0 Å². The molecule has 0 saturated heterocycles. The van der Waals surface area contributed by atoms with Crippen molar-refractivity contribution in [1.29, 1.82) is 5.26 Å². The van der Waals surface area contributed by atoms with Crippen molar-refractivity contribution in [3.63, 3.8) is 0 Å². The van der Waals surface area contributed by atoms with Crippen LogP contribution in [0.2, 0.25) is 0 Å². The number of hydrogen-bond acceptors (Lipinski definition) is 2. The molecule has 1 aliphatic carbocycles. The maximum absolute atomic E-state index is 8.75. The third kappa shape index (κ3) is 4.53. The van der Waals surface area contributed by atoms with Crippen molar-refractivity contribution in [2.75, 3.05) is 0 Å². The predicted octanol–water partition coefficient (Wildman–Crippen LogP) is 3.63. The molecule has 0 heterocycles. The molecule has 0 bridgehead atoms. The molecule has 0 aromatic rings. The normalized spacial score (nSPS) is 26.8. The van der Waals surface area contributed by atoms with Gasteiger partial charge in [0.1, 0.15) is 0 Å². The van der Waals surface area contributed by atoms with Gasteiger partial charge < -0.3 is 5.32 Å². The highest BCUT2D eigenvalue weighted by Gasteiger charge is 2.25. The van der Waals surface area contributed by atoms with Crippen molar-refractivity contribution in [1.82, 2.24) is 5.32 Å². The lowest BCUT2D eigenvalue weighted by Crippen LogP contribution is -2.37. The number of nitrogens with zero attached hydrogens (tertiary/aromatic N) is 1. The van der Waals surface area contributed by atoms with Gasteiger partial charge in [-0.1, -0.05) is 27.2 Å². The Morgan fingerprint density at radius 3 is 2.75 bits per heavy atom. The molecular formula is C14H26N2. The summed E-state index contributed by atoms with van der Waals surface area (Å²) in [6.45, 7) is 6.92. The van der Waals surface area contributed by atoms with Crippen LogP contribution in [0.4, 0.5) is 0 Å². The number of rotatable bonds is 4. The van der Waals surface area contributed by atoms with Crippen LogP contribution in [-0.2, 0) is 0 Å². The summed E-state index contributed by atoms with van der Waals surface area (Å²) in [5.74, 6) is 0. The van der Waals surface area contributed by atoms with E-state index < -0.39 is 0 Å². The number of hydrogen-bond donors (Lipinski definition) is 1. The van der Waals surface area contributed by atoms with Crippen molar-refractivity contribution in [2.24, 2.45) is 5.41 Å². The third-order valence-electron chi connectivity index (χ3n) is 3.88. The molecule has 1 rings (SSSR count). The fraction of sp³-hybridized carbons (Fsp3) is 0.929. The molecule has 1 N–H and O–H groups in total. The first-order valence-electron chi connectivity index (χ1n) is 6.70. The molecule has 2 atom stereocenters. The predicted molar refractivity (Wildman–Crippen MR) is 68.1 cm³/mol. The summed E-state index contributed by atoms with van der Waals surface area (Å²) in [6.07, 6.45) is 8.26. The highest BCUT2D eigenvalue weighted by molar-refractivity contribution is 4.85. The fourth-order valence-corrected chi connectivity index (χ4v) is 2.59. The van der Waals surface area contributed by atoms with Crippen LogP contribution in [0.3, 0.4) is 0 Å². The molecule has 1 aliphatic rings. The van der Waals surface area contributed by atoms with E-state index in [0.29, 0.717) is 23.9 Å². The lowest BCUT2D eigenvalue weighted by molar-refractivity contribution is 0.306. The Balaban J connectivity index is 2.40. The van der Waals surface area contributed by atoms with Crippen LogP contribution in [0.5, 0.6) is 0 Å². The first-order chi connectivity index (χ1) is 7.57. The third-order valence-corrected chi connectivity index (χ3v) is 3.88. The smallest absolute Gasteiger partial charge is 0.0638 e. The summed E-state index contributed by atoms with van der Waals surface area (Å²) in [5.41, 5.74) is 0.521. The maximum atomic E-state index is 8.75. The molecule has 0 amide bonds. The monoisotopic (exact) mass is 222 g/mol. The summed E-state index contributed by atoms with van der Waals surface area (Å²) in [7, 11) is 0. The minimum atomic E-state index is 0.399. The summed E-state index contributed by atoms with van der Waals surface area (Å²) in [5, 5.41) is 12.4.